The number of aromatic nitrogens is 1. The first-order valence-corrected chi connectivity index (χ1v) is 5.52. The summed E-state index contributed by atoms with van der Waals surface area (Å²) in [6.07, 6.45) is 3.42. The molecule has 16 heavy (non-hydrogen) atoms. The molecule has 1 aliphatic rings. The van der Waals surface area contributed by atoms with Gasteiger partial charge in [0, 0.05) is 6.42 Å². The van der Waals surface area contributed by atoms with Crippen LogP contribution in [0.3, 0.4) is 0 Å². The highest BCUT2D eigenvalue weighted by Gasteiger charge is 2.27. The van der Waals surface area contributed by atoms with Crippen LogP contribution in [0.5, 0.6) is 0 Å². The van der Waals surface area contributed by atoms with E-state index in [9.17, 15) is 4.79 Å². The second-order valence-electron chi connectivity index (χ2n) is 4.29. The van der Waals surface area contributed by atoms with Crippen LogP contribution in [0.2, 0.25) is 0 Å². The molecule has 5 heteroatoms. The van der Waals surface area contributed by atoms with Crippen molar-refractivity contribution in [3.05, 3.63) is 17.8 Å². The highest BCUT2D eigenvalue weighted by molar-refractivity contribution is 5.67. The maximum Gasteiger partial charge on any atom is 0.303 e. The van der Waals surface area contributed by atoms with Gasteiger partial charge in [-0.2, -0.15) is 0 Å². The minimum absolute atomic E-state index is 0.136. The summed E-state index contributed by atoms with van der Waals surface area (Å²) in [5, 5.41) is 12.1. The Hall–Kier alpha value is -1.36. The zero-order chi connectivity index (χ0) is 11.5. The van der Waals surface area contributed by atoms with Crippen molar-refractivity contribution in [3.8, 4) is 0 Å². The molecule has 0 aromatic carbocycles. The first-order valence-electron chi connectivity index (χ1n) is 5.52. The first-order chi connectivity index (χ1) is 7.66. The third-order valence-electron chi connectivity index (χ3n) is 3.09. The van der Waals surface area contributed by atoms with E-state index in [0.717, 1.165) is 30.8 Å². The van der Waals surface area contributed by atoms with Crippen molar-refractivity contribution in [2.75, 3.05) is 6.54 Å². The first kappa shape index (κ1) is 11.1. The molecule has 5 nitrogen and oxygen atoms in total. The van der Waals surface area contributed by atoms with E-state index in [1.807, 2.05) is 6.92 Å². The molecule has 0 radical (unpaired) electrons. The molecule has 2 N–H and O–H groups in total. The summed E-state index contributed by atoms with van der Waals surface area (Å²) in [7, 11) is 0. The van der Waals surface area contributed by atoms with Crippen LogP contribution in [-0.4, -0.2) is 22.6 Å². The van der Waals surface area contributed by atoms with Gasteiger partial charge in [-0.25, -0.2) is 4.98 Å². The number of aliphatic carboxylic acids is 1. The molecule has 1 saturated heterocycles. The predicted molar refractivity (Wildman–Crippen MR) is 57.0 cm³/mol. The fourth-order valence-electron chi connectivity index (χ4n) is 2.29. The van der Waals surface area contributed by atoms with Gasteiger partial charge in [-0.1, -0.05) is 0 Å². The number of rotatable bonds is 3. The van der Waals surface area contributed by atoms with E-state index in [0.29, 0.717) is 0 Å². The molecule has 1 fully saturated rings. The van der Waals surface area contributed by atoms with E-state index < -0.39 is 5.97 Å². The molecule has 0 amide bonds. The smallest absolute Gasteiger partial charge is 0.303 e. The summed E-state index contributed by atoms with van der Waals surface area (Å²) in [4.78, 5) is 14.8. The maximum atomic E-state index is 10.7. The number of carbonyl (C=O) groups is 1. The van der Waals surface area contributed by atoms with Crippen LogP contribution < -0.4 is 5.32 Å². The van der Waals surface area contributed by atoms with Gasteiger partial charge in [-0.05, 0) is 32.2 Å². The van der Waals surface area contributed by atoms with E-state index in [-0.39, 0.29) is 18.4 Å². The van der Waals surface area contributed by atoms with Gasteiger partial charge in [-0.15, -0.1) is 0 Å². The van der Waals surface area contributed by atoms with Gasteiger partial charge in [0.25, 0.3) is 0 Å². The Morgan fingerprint density at radius 1 is 1.75 bits per heavy atom. The van der Waals surface area contributed by atoms with Gasteiger partial charge >= 0.3 is 5.97 Å². The molecule has 2 unspecified atom stereocenters. The summed E-state index contributed by atoms with van der Waals surface area (Å²) in [5.74, 6) is 0.329. The average molecular weight is 224 g/mol. The van der Waals surface area contributed by atoms with Crippen LogP contribution in [0.15, 0.2) is 10.8 Å². The highest BCUT2D eigenvalue weighted by Crippen LogP contribution is 2.29. The van der Waals surface area contributed by atoms with E-state index in [4.69, 9.17) is 9.52 Å². The lowest BCUT2D eigenvalue weighted by molar-refractivity contribution is -0.138. The van der Waals surface area contributed by atoms with Crippen molar-refractivity contribution in [1.29, 1.82) is 0 Å². The summed E-state index contributed by atoms with van der Waals surface area (Å²) in [6.45, 7) is 2.72. The number of carboxylic acids is 1. The van der Waals surface area contributed by atoms with Gasteiger partial charge in [0.2, 0.25) is 0 Å². The standard InChI is InChI=1S/C11H16N2O3/c1-7-11(13-6-16-7)9-4-8(2-3-12-9)5-10(14)15/h6,8-9,12H,2-5H2,1H3,(H,14,15). The average Bonchev–Trinajstić information content (AvgIpc) is 2.64. The second-order valence-corrected chi connectivity index (χ2v) is 4.29. The topological polar surface area (TPSA) is 75.4 Å². The van der Waals surface area contributed by atoms with Crippen LogP contribution in [0.4, 0.5) is 0 Å². The predicted octanol–water partition coefficient (Wildman–Crippen LogP) is 1.50. The molecular weight excluding hydrogens is 208 g/mol. The lowest BCUT2D eigenvalue weighted by atomic mass is 9.88. The summed E-state index contributed by atoms with van der Waals surface area (Å²) >= 11 is 0. The Morgan fingerprint density at radius 2 is 2.56 bits per heavy atom. The van der Waals surface area contributed by atoms with Crippen molar-refractivity contribution in [1.82, 2.24) is 10.3 Å². The molecule has 88 valence electrons. The summed E-state index contributed by atoms with van der Waals surface area (Å²) in [6, 6.07) is 0.136. The van der Waals surface area contributed by atoms with Gasteiger partial charge < -0.3 is 14.8 Å². The Kier molecular flexibility index (Phi) is 3.24. The van der Waals surface area contributed by atoms with Gasteiger partial charge in [-0.3, -0.25) is 4.79 Å². The minimum atomic E-state index is -0.720. The minimum Gasteiger partial charge on any atom is -0.481 e. The highest BCUT2D eigenvalue weighted by atomic mass is 16.4. The van der Waals surface area contributed by atoms with Crippen molar-refractivity contribution in [2.24, 2.45) is 5.92 Å². The normalized spacial score (nSPS) is 25.6. The van der Waals surface area contributed by atoms with Crippen LogP contribution in [-0.2, 0) is 4.79 Å². The second kappa shape index (κ2) is 4.65. The Labute approximate surface area is 93.9 Å². The third-order valence-corrected chi connectivity index (χ3v) is 3.09. The molecule has 0 saturated carbocycles. The summed E-state index contributed by atoms with van der Waals surface area (Å²) in [5.41, 5.74) is 0.912. The number of aryl methyl sites for hydroxylation is 1. The van der Waals surface area contributed by atoms with Gasteiger partial charge in [0.05, 0.1) is 11.7 Å². The van der Waals surface area contributed by atoms with E-state index in [2.05, 4.69) is 10.3 Å². The number of nitrogens with one attached hydrogen (secondary N) is 1. The molecular formula is C11H16N2O3. The maximum absolute atomic E-state index is 10.7. The van der Waals surface area contributed by atoms with Crippen LogP contribution in [0.25, 0.3) is 0 Å². The molecule has 0 bridgehead atoms. The number of piperidine rings is 1. The molecule has 0 spiro atoms. The van der Waals surface area contributed by atoms with E-state index in [1.165, 1.54) is 6.39 Å². The molecule has 2 rings (SSSR count). The number of hydrogen-bond acceptors (Lipinski definition) is 4. The van der Waals surface area contributed by atoms with E-state index in [1.54, 1.807) is 0 Å². The largest absolute Gasteiger partial charge is 0.481 e. The van der Waals surface area contributed by atoms with Crippen molar-refractivity contribution in [3.63, 3.8) is 0 Å². The fraction of sp³-hybridized carbons (Fsp3) is 0.636. The Morgan fingerprint density at radius 3 is 3.19 bits per heavy atom. The number of carboxylic acid groups (broad SMARTS) is 1. The Balaban J connectivity index is 2.02. The molecule has 2 heterocycles. The van der Waals surface area contributed by atoms with E-state index >= 15 is 0 Å². The van der Waals surface area contributed by atoms with Crippen LogP contribution in [0.1, 0.15) is 36.8 Å². The third kappa shape index (κ3) is 2.41. The van der Waals surface area contributed by atoms with Crippen LogP contribution >= 0.6 is 0 Å². The fourth-order valence-corrected chi connectivity index (χ4v) is 2.29. The van der Waals surface area contributed by atoms with Gasteiger partial charge in [0.15, 0.2) is 6.39 Å². The molecule has 1 aromatic rings. The lowest BCUT2D eigenvalue weighted by Gasteiger charge is -2.28. The SMILES string of the molecule is Cc1ocnc1C1CC(CC(=O)O)CCN1. The Bertz CT molecular complexity index is 375. The lowest BCUT2D eigenvalue weighted by Crippen LogP contribution is -2.33. The number of hydrogen-bond donors (Lipinski definition) is 2. The van der Waals surface area contributed by atoms with Crippen molar-refractivity contribution >= 4 is 5.97 Å². The van der Waals surface area contributed by atoms with Crippen molar-refractivity contribution in [2.45, 2.75) is 32.2 Å². The van der Waals surface area contributed by atoms with Crippen molar-refractivity contribution < 1.29 is 14.3 Å². The molecule has 1 aliphatic heterocycles. The monoisotopic (exact) mass is 224 g/mol. The van der Waals surface area contributed by atoms with Gasteiger partial charge in [0.1, 0.15) is 5.76 Å². The zero-order valence-corrected chi connectivity index (χ0v) is 9.27. The van der Waals surface area contributed by atoms with Crippen LogP contribution in [0, 0.1) is 12.8 Å². The zero-order valence-electron chi connectivity index (χ0n) is 9.27. The summed E-state index contributed by atoms with van der Waals surface area (Å²) < 4.78 is 5.17. The number of nitrogens with zero attached hydrogens (tertiary/aromatic N) is 1. The number of oxazole rings is 1. The quantitative estimate of drug-likeness (QED) is 0.813. The molecule has 2 atom stereocenters. The molecule has 0 aliphatic carbocycles. The molecule has 1 aromatic heterocycles.